The highest BCUT2D eigenvalue weighted by Crippen LogP contribution is 2.10. The summed E-state index contributed by atoms with van der Waals surface area (Å²) in [7, 11) is 0. The summed E-state index contributed by atoms with van der Waals surface area (Å²) < 4.78 is 17.3. The van der Waals surface area contributed by atoms with Crippen molar-refractivity contribution < 1.29 is 23.8 Å². The summed E-state index contributed by atoms with van der Waals surface area (Å²) in [6.07, 6.45) is 0.709. The minimum Gasteiger partial charge on any atom is -0.462 e. The number of aromatic nitrogens is 4. The maximum Gasteiger partial charge on any atom is 0.408 e. The maximum absolute atomic E-state index is 12.3. The maximum atomic E-state index is 12.3. The predicted octanol–water partition coefficient (Wildman–Crippen LogP) is 0.768. The second-order valence-electron chi connectivity index (χ2n) is 7.91. The number of H-pyrrole nitrogens is 1. The molecule has 0 saturated carbocycles. The lowest BCUT2D eigenvalue weighted by Gasteiger charge is -2.24. The van der Waals surface area contributed by atoms with Crippen LogP contribution in [-0.2, 0) is 25.7 Å². The Kier molecular flexibility index (Phi) is 7.38. The van der Waals surface area contributed by atoms with Gasteiger partial charge >= 0.3 is 12.1 Å². The van der Waals surface area contributed by atoms with E-state index in [1.165, 1.54) is 10.9 Å². The number of esters is 1. The van der Waals surface area contributed by atoms with Crippen LogP contribution in [0.5, 0.6) is 0 Å². The van der Waals surface area contributed by atoms with Crippen LogP contribution >= 0.6 is 0 Å². The van der Waals surface area contributed by atoms with Gasteiger partial charge in [-0.25, -0.2) is 14.6 Å². The molecule has 0 radical (unpaired) electrons. The Morgan fingerprint density at radius 2 is 2.00 bits per heavy atom. The Labute approximate surface area is 173 Å². The van der Waals surface area contributed by atoms with Crippen molar-refractivity contribution in [2.24, 2.45) is 5.92 Å². The molecule has 4 N–H and O–H groups in total. The molecule has 2 heterocycles. The molecule has 0 spiro atoms. The molecule has 30 heavy (non-hydrogen) atoms. The monoisotopic (exact) mass is 424 g/mol. The lowest BCUT2D eigenvalue weighted by molar-refractivity contribution is -0.149. The average Bonchev–Trinajstić information content (AvgIpc) is 3.00. The van der Waals surface area contributed by atoms with Gasteiger partial charge in [-0.2, -0.15) is 4.98 Å². The fourth-order valence-corrected chi connectivity index (χ4v) is 2.45. The van der Waals surface area contributed by atoms with Crippen LogP contribution in [0.2, 0.25) is 0 Å². The smallest absolute Gasteiger partial charge is 0.408 e. The van der Waals surface area contributed by atoms with Gasteiger partial charge in [0, 0.05) is 0 Å². The number of amides is 1. The molecule has 2 aromatic rings. The molecule has 2 aromatic heterocycles. The van der Waals surface area contributed by atoms with Crippen molar-refractivity contribution >= 4 is 29.2 Å². The molecule has 12 nitrogen and oxygen atoms in total. The van der Waals surface area contributed by atoms with Gasteiger partial charge in [-0.3, -0.25) is 14.3 Å². The van der Waals surface area contributed by atoms with E-state index in [-0.39, 0.29) is 43.0 Å². The van der Waals surface area contributed by atoms with Crippen LogP contribution in [0.15, 0.2) is 11.1 Å². The van der Waals surface area contributed by atoms with Crippen LogP contribution in [0.4, 0.5) is 10.7 Å². The molecule has 1 amide bonds. The number of rotatable bonds is 8. The predicted molar refractivity (Wildman–Crippen MR) is 107 cm³/mol. The van der Waals surface area contributed by atoms with Gasteiger partial charge in [0.25, 0.3) is 5.56 Å². The van der Waals surface area contributed by atoms with Gasteiger partial charge in [0.2, 0.25) is 5.95 Å². The first kappa shape index (κ1) is 23.1. The van der Waals surface area contributed by atoms with Crippen LogP contribution < -0.4 is 16.6 Å². The van der Waals surface area contributed by atoms with Crippen LogP contribution in [0.25, 0.3) is 11.2 Å². The molecule has 2 rings (SSSR count). The number of carbonyl (C=O) groups excluding carboxylic acids is 2. The number of alkyl carbamates (subject to hydrolysis) is 1. The molecule has 0 aliphatic rings. The number of anilines is 1. The fraction of sp³-hybridized carbons (Fsp3) is 0.611. The highest BCUT2D eigenvalue weighted by atomic mass is 16.6. The number of ether oxygens (including phenoxy) is 3. The molecule has 12 heteroatoms. The zero-order chi connectivity index (χ0) is 22.5. The minimum atomic E-state index is -0.851. The number of fused-ring (bicyclic) bond motifs is 1. The standard InChI is InChI=1S/C18H28N6O6/c1-10(2)11(21-17(27)30-18(3,4)5)15(26)29-7-6-28-9-24-8-20-12-13(24)22-16(19)23-14(12)25/h8,10-11H,6-7,9H2,1-5H3,(H,21,27)(H3,19,22,23,25)/t11-/m0/s1. The van der Waals surface area contributed by atoms with Crippen molar-refractivity contribution in [3.8, 4) is 0 Å². The molecule has 166 valence electrons. The van der Waals surface area contributed by atoms with Gasteiger partial charge < -0.3 is 25.3 Å². The lowest BCUT2D eigenvalue weighted by Crippen LogP contribution is -2.47. The molecule has 0 fully saturated rings. The van der Waals surface area contributed by atoms with Crippen LogP contribution in [0.1, 0.15) is 34.6 Å². The third kappa shape index (κ3) is 6.44. The number of aromatic amines is 1. The molecule has 0 saturated heterocycles. The SMILES string of the molecule is CC(C)[C@H](NC(=O)OC(C)(C)C)C(=O)OCCOCn1cnc2c(=O)[nH]c(N)nc21. The van der Waals surface area contributed by atoms with E-state index < -0.39 is 29.3 Å². The Bertz CT molecular complexity index is 945. The van der Waals surface area contributed by atoms with Crippen LogP contribution in [0, 0.1) is 5.92 Å². The molecular weight excluding hydrogens is 396 g/mol. The van der Waals surface area contributed by atoms with E-state index in [0.717, 1.165) is 0 Å². The summed E-state index contributed by atoms with van der Waals surface area (Å²) in [6, 6.07) is -0.851. The van der Waals surface area contributed by atoms with Gasteiger partial charge in [0.15, 0.2) is 11.2 Å². The summed E-state index contributed by atoms with van der Waals surface area (Å²) in [5, 5.41) is 2.53. The number of hydrogen-bond acceptors (Lipinski definition) is 9. The van der Waals surface area contributed by atoms with Gasteiger partial charge in [-0.05, 0) is 26.7 Å². The first-order chi connectivity index (χ1) is 14.0. The highest BCUT2D eigenvalue weighted by molar-refractivity contribution is 5.81. The number of nitrogens with zero attached hydrogens (tertiary/aromatic N) is 3. The second kappa shape index (κ2) is 9.57. The van der Waals surface area contributed by atoms with Crippen molar-refractivity contribution in [1.82, 2.24) is 24.8 Å². The number of nitrogens with two attached hydrogens (primary N) is 1. The van der Waals surface area contributed by atoms with Crippen molar-refractivity contribution in [3.63, 3.8) is 0 Å². The topological polar surface area (TPSA) is 163 Å². The normalized spacial score (nSPS) is 12.7. The molecule has 0 bridgehead atoms. The van der Waals surface area contributed by atoms with E-state index in [1.807, 2.05) is 0 Å². The quantitative estimate of drug-likeness (QED) is 0.410. The molecule has 0 aliphatic heterocycles. The van der Waals surface area contributed by atoms with Gasteiger partial charge in [-0.1, -0.05) is 13.8 Å². The summed E-state index contributed by atoms with van der Waals surface area (Å²) in [6.45, 7) is 8.85. The zero-order valence-corrected chi connectivity index (χ0v) is 17.7. The average molecular weight is 424 g/mol. The summed E-state index contributed by atoms with van der Waals surface area (Å²) in [4.78, 5) is 46.3. The first-order valence-corrected chi connectivity index (χ1v) is 9.42. The third-order valence-electron chi connectivity index (χ3n) is 3.79. The zero-order valence-electron chi connectivity index (χ0n) is 17.7. The largest absolute Gasteiger partial charge is 0.462 e. The minimum absolute atomic E-state index is 0.0270. The summed E-state index contributed by atoms with van der Waals surface area (Å²) in [5.74, 6) is -0.813. The number of imidazole rings is 1. The number of nitrogens with one attached hydrogen (secondary N) is 2. The van der Waals surface area contributed by atoms with E-state index >= 15 is 0 Å². The van der Waals surface area contributed by atoms with Crippen molar-refractivity contribution in [2.75, 3.05) is 18.9 Å². The van der Waals surface area contributed by atoms with E-state index in [2.05, 4.69) is 20.3 Å². The Morgan fingerprint density at radius 3 is 2.63 bits per heavy atom. The first-order valence-electron chi connectivity index (χ1n) is 9.42. The number of nitrogen functional groups attached to an aromatic ring is 1. The Morgan fingerprint density at radius 1 is 1.30 bits per heavy atom. The second-order valence-corrected chi connectivity index (χ2v) is 7.91. The number of hydrogen-bond donors (Lipinski definition) is 3. The molecule has 0 aromatic carbocycles. The van der Waals surface area contributed by atoms with Crippen LogP contribution in [0.3, 0.4) is 0 Å². The van der Waals surface area contributed by atoms with E-state index in [0.29, 0.717) is 0 Å². The number of carbonyl (C=O) groups is 2. The third-order valence-corrected chi connectivity index (χ3v) is 3.79. The van der Waals surface area contributed by atoms with Gasteiger partial charge in [-0.15, -0.1) is 0 Å². The van der Waals surface area contributed by atoms with Crippen LogP contribution in [-0.4, -0.2) is 56.4 Å². The highest BCUT2D eigenvalue weighted by Gasteiger charge is 2.28. The lowest BCUT2D eigenvalue weighted by atomic mass is 10.1. The fourth-order valence-electron chi connectivity index (χ4n) is 2.45. The molecule has 1 atom stereocenters. The van der Waals surface area contributed by atoms with E-state index in [9.17, 15) is 14.4 Å². The molecule has 0 aliphatic carbocycles. The Hall–Kier alpha value is -3.15. The van der Waals surface area contributed by atoms with E-state index in [4.69, 9.17) is 19.9 Å². The van der Waals surface area contributed by atoms with Crippen molar-refractivity contribution in [1.29, 1.82) is 0 Å². The summed E-state index contributed by atoms with van der Waals surface area (Å²) >= 11 is 0. The van der Waals surface area contributed by atoms with Gasteiger partial charge in [0.05, 0.1) is 12.9 Å². The van der Waals surface area contributed by atoms with Crippen molar-refractivity contribution in [3.05, 3.63) is 16.7 Å². The Balaban J connectivity index is 1.82. The van der Waals surface area contributed by atoms with Gasteiger partial charge in [0.1, 0.15) is 25.0 Å². The molecule has 0 unspecified atom stereocenters. The summed E-state index contributed by atoms with van der Waals surface area (Å²) in [5.41, 5.74) is 4.85. The molecular formula is C18H28N6O6. The van der Waals surface area contributed by atoms with E-state index in [1.54, 1.807) is 34.6 Å². The van der Waals surface area contributed by atoms with Crippen molar-refractivity contribution in [2.45, 2.75) is 53.0 Å².